The van der Waals surface area contributed by atoms with Crippen LogP contribution < -0.4 is 0 Å². The van der Waals surface area contributed by atoms with Gasteiger partial charge >= 0.3 is 5.97 Å². The summed E-state index contributed by atoms with van der Waals surface area (Å²) in [5.74, 6) is -1.04. The Morgan fingerprint density at radius 3 is 2.47 bits per heavy atom. The van der Waals surface area contributed by atoms with Crippen molar-refractivity contribution >= 4 is 40.5 Å². The lowest BCUT2D eigenvalue weighted by molar-refractivity contribution is 0.0692. The monoisotopic (exact) mass is 315 g/mol. The van der Waals surface area contributed by atoms with Gasteiger partial charge in [-0.2, -0.15) is 0 Å². The molecule has 0 spiro atoms. The summed E-state index contributed by atoms with van der Waals surface area (Å²) < 4.78 is 0. The van der Waals surface area contributed by atoms with Gasteiger partial charge in [0.05, 0.1) is 9.88 Å². The highest BCUT2D eigenvalue weighted by molar-refractivity contribution is 7.15. The first-order valence-electron chi connectivity index (χ1n) is 5.70. The van der Waals surface area contributed by atoms with Crippen LogP contribution in [-0.4, -0.2) is 16.1 Å². The van der Waals surface area contributed by atoms with Gasteiger partial charge in [-0.05, 0) is 36.6 Å². The number of nitrogens with zero attached hydrogens (tertiary/aromatic N) is 1. The second kappa shape index (κ2) is 5.90. The highest BCUT2D eigenvalue weighted by Gasteiger charge is 2.19. The number of benzene rings is 1. The summed E-state index contributed by atoms with van der Waals surface area (Å²) >= 11 is 13.3. The quantitative estimate of drug-likeness (QED) is 0.884. The van der Waals surface area contributed by atoms with E-state index in [0.29, 0.717) is 20.5 Å². The van der Waals surface area contributed by atoms with E-state index in [9.17, 15) is 9.90 Å². The summed E-state index contributed by atoms with van der Waals surface area (Å²) in [6.07, 6.45) is 1.68. The average Bonchev–Trinajstić information content (AvgIpc) is 2.72. The number of hydrogen-bond acceptors (Lipinski definition) is 3. The Labute approximate surface area is 124 Å². The van der Waals surface area contributed by atoms with E-state index in [0.717, 1.165) is 17.8 Å². The minimum absolute atomic E-state index is 0.0618. The topological polar surface area (TPSA) is 50.2 Å². The molecule has 2 aromatic rings. The standard InChI is InChI=1S/C13H11Cl2NO2S/c1-2-3-10-16-11(13(17)18)12(19-10)7-4-8(14)6-9(15)5-7/h4-6H,2-3H2,1H3,(H,17,18). The molecule has 0 saturated carbocycles. The van der Waals surface area contributed by atoms with E-state index in [1.54, 1.807) is 18.2 Å². The molecule has 3 nitrogen and oxygen atoms in total. The maximum absolute atomic E-state index is 11.3. The fourth-order valence-corrected chi connectivity index (χ4v) is 3.38. The van der Waals surface area contributed by atoms with Crippen LogP contribution in [0.1, 0.15) is 28.8 Å². The van der Waals surface area contributed by atoms with E-state index in [1.165, 1.54) is 11.3 Å². The third-order valence-electron chi connectivity index (χ3n) is 2.46. The minimum atomic E-state index is -1.04. The number of hydrogen-bond donors (Lipinski definition) is 1. The number of thiazole rings is 1. The minimum Gasteiger partial charge on any atom is -0.476 e. The number of rotatable bonds is 4. The van der Waals surface area contributed by atoms with Crippen molar-refractivity contribution in [1.29, 1.82) is 0 Å². The van der Waals surface area contributed by atoms with Gasteiger partial charge in [0.25, 0.3) is 0 Å². The van der Waals surface area contributed by atoms with Crippen molar-refractivity contribution in [1.82, 2.24) is 4.98 Å². The molecule has 2 rings (SSSR count). The van der Waals surface area contributed by atoms with Crippen LogP contribution in [-0.2, 0) is 6.42 Å². The zero-order valence-electron chi connectivity index (χ0n) is 10.1. The van der Waals surface area contributed by atoms with Crippen molar-refractivity contribution < 1.29 is 9.90 Å². The van der Waals surface area contributed by atoms with Crippen molar-refractivity contribution in [3.63, 3.8) is 0 Å². The number of halogens is 2. The maximum atomic E-state index is 11.3. The molecule has 0 aliphatic heterocycles. The lowest BCUT2D eigenvalue weighted by atomic mass is 10.1. The summed E-state index contributed by atoms with van der Waals surface area (Å²) in [5.41, 5.74) is 0.751. The average molecular weight is 316 g/mol. The van der Waals surface area contributed by atoms with E-state index >= 15 is 0 Å². The number of aromatic nitrogens is 1. The first kappa shape index (κ1) is 14.3. The second-order valence-electron chi connectivity index (χ2n) is 4.00. The molecule has 0 aliphatic carbocycles. The predicted octanol–water partition coefficient (Wildman–Crippen LogP) is 4.77. The van der Waals surface area contributed by atoms with Gasteiger partial charge < -0.3 is 5.11 Å². The summed E-state index contributed by atoms with van der Waals surface area (Å²) in [6, 6.07) is 5.01. The van der Waals surface area contributed by atoms with Crippen molar-refractivity contribution in [2.75, 3.05) is 0 Å². The third-order valence-corrected chi connectivity index (χ3v) is 4.06. The summed E-state index contributed by atoms with van der Waals surface area (Å²) in [6.45, 7) is 2.03. The fourth-order valence-electron chi connectivity index (χ4n) is 1.71. The normalized spacial score (nSPS) is 10.7. The molecule has 1 aromatic heterocycles. The maximum Gasteiger partial charge on any atom is 0.356 e. The van der Waals surface area contributed by atoms with Crippen LogP contribution in [0.3, 0.4) is 0 Å². The van der Waals surface area contributed by atoms with Crippen LogP contribution in [0.25, 0.3) is 10.4 Å². The smallest absolute Gasteiger partial charge is 0.356 e. The number of carboxylic acid groups (broad SMARTS) is 1. The fraction of sp³-hybridized carbons (Fsp3) is 0.231. The van der Waals surface area contributed by atoms with Gasteiger partial charge in [-0.15, -0.1) is 11.3 Å². The highest BCUT2D eigenvalue weighted by Crippen LogP contribution is 2.34. The molecular formula is C13H11Cl2NO2S. The van der Waals surface area contributed by atoms with Crippen molar-refractivity contribution in [3.8, 4) is 10.4 Å². The summed E-state index contributed by atoms with van der Waals surface area (Å²) in [7, 11) is 0. The van der Waals surface area contributed by atoms with Crippen molar-refractivity contribution in [2.24, 2.45) is 0 Å². The highest BCUT2D eigenvalue weighted by atomic mass is 35.5. The van der Waals surface area contributed by atoms with Crippen LogP contribution in [0.5, 0.6) is 0 Å². The molecule has 0 saturated heterocycles. The molecule has 1 heterocycles. The number of carboxylic acids is 1. The molecule has 0 aliphatic rings. The van der Waals surface area contributed by atoms with E-state index in [-0.39, 0.29) is 5.69 Å². The van der Waals surface area contributed by atoms with Gasteiger partial charge in [0.15, 0.2) is 5.69 Å². The first-order valence-corrected chi connectivity index (χ1v) is 7.28. The molecule has 6 heteroatoms. The first-order chi connectivity index (χ1) is 9.01. The number of aryl methyl sites for hydroxylation is 1. The van der Waals surface area contributed by atoms with Gasteiger partial charge in [0.1, 0.15) is 0 Å². The van der Waals surface area contributed by atoms with Gasteiger partial charge in [-0.3, -0.25) is 0 Å². The van der Waals surface area contributed by atoms with Crippen LogP contribution >= 0.6 is 34.5 Å². The zero-order chi connectivity index (χ0) is 14.0. The molecule has 0 fully saturated rings. The van der Waals surface area contributed by atoms with E-state index in [4.69, 9.17) is 23.2 Å². The SMILES string of the molecule is CCCc1nc(C(=O)O)c(-c2cc(Cl)cc(Cl)c2)s1. The molecular weight excluding hydrogens is 305 g/mol. The van der Waals surface area contributed by atoms with Gasteiger partial charge in [-0.25, -0.2) is 9.78 Å². The molecule has 100 valence electrons. The summed E-state index contributed by atoms with van der Waals surface area (Å²) in [5, 5.41) is 11.0. The van der Waals surface area contributed by atoms with Crippen LogP contribution in [0.4, 0.5) is 0 Å². The Hall–Kier alpha value is -1.10. The lowest BCUT2D eigenvalue weighted by Crippen LogP contribution is -1.99. The summed E-state index contributed by atoms with van der Waals surface area (Å²) in [4.78, 5) is 16.0. The molecule has 0 amide bonds. The predicted molar refractivity (Wildman–Crippen MR) is 78.5 cm³/mol. The Kier molecular flexibility index (Phi) is 4.45. The Balaban J connectivity index is 2.56. The molecule has 1 aromatic carbocycles. The van der Waals surface area contributed by atoms with Crippen LogP contribution in [0, 0.1) is 0 Å². The Morgan fingerprint density at radius 1 is 1.32 bits per heavy atom. The molecule has 1 N–H and O–H groups in total. The molecule has 0 atom stereocenters. The second-order valence-corrected chi connectivity index (χ2v) is 5.96. The molecule has 19 heavy (non-hydrogen) atoms. The van der Waals surface area contributed by atoms with Crippen molar-refractivity contribution in [3.05, 3.63) is 38.9 Å². The van der Waals surface area contributed by atoms with Gasteiger partial charge in [0.2, 0.25) is 0 Å². The number of aromatic carboxylic acids is 1. The van der Waals surface area contributed by atoms with Crippen LogP contribution in [0.15, 0.2) is 18.2 Å². The van der Waals surface area contributed by atoms with E-state index in [2.05, 4.69) is 4.98 Å². The molecule has 0 radical (unpaired) electrons. The lowest BCUT2D eigenvalue weighted by Gasteiger charge is -2.01. The molecule has 0 bridgehead atoms. The van der Waals surface area contributed by atoms with Crippen LogP contribution in [0.2, 0.25) is 10.0 Å². The van der Waals surface area contributed by atoms with E-state index in [1.807, 2.05) is 6.92 Å². The Bertz CT molecular complexity index is 605. The molecule has 0 unspecified atom stereocenters. The van der Waals surface area contributed by atoms with Gasteiger partial charge in [0, 0.05) is 10.0 Å². The van der Waals surface area contributed by atoms with E-state index < -0.39 is 5.97 Å². The Morgan fingerprint density at radius 2 is 1.95 bits per heavy atom. The number of carbonyl (C=O) groups is 1. The van der Waals surface area contributed by atoms with Gasteiger partial charge in [-0.1, -0.05) is 30.1 Å². The zero-order valence-corrected chi connectivity index (χ0v) is 12.4. The van der Waals surface area contributed by atoms with Crippen molar-refractivity contribution in [2.45, 2.75) is 19.8 Å². The largest absolute Gasteiger partial charge is 0.476 e. The third kappa shape index (κ3) is 3.26.